The minimum absolute atomic E-state index is 0.0215. The first-order chi connectivity index (χ1) is 18.0. The molecule has 0 saturated carbocycles. The van der Waals surface area contributed by atoms with Crippen molar-refractivity contribution >= 4 is 11.9 Å². The van der Waals surface area contributed by atoms with Crippen LogP contribution in [0.5, 0.6) is 5.75 Å². The van der Waals surface area contributed by atoms with Gasteiger partial charge in [-0.15, -0.1) is 0 Å². The van der Waals surface area contributed by atoms with E-state index in [-0.39, 0.29) is 17.9 Å². The highest BCUT2D eigenvalue weighted by Gasteiger charge is 2.40. The molecule has 0 radical (unpaired) electrons. The number of hydrogen-bond acceptors (Lipinski definition) is 5. The second kappa shape index (κ2) is 10.7. The number of carboxylic acids is 1. The number of aliphatic carboxylic acids is 1. The van der Waals surface area contributed by atoms with Crippen LogP contribution in [0.2, 0.25) is 0 Å². The van der Waals surface area contributed by atoms with E-state index in [1.165, 1.54) is 0 Å². The fourth-order valence-corrected chi connectivity index (χ4v) is 5.01. The van der Waals surface area contributed by atoms with Gasteiger partial charge in [0, 0.05) is 24.6 Å². The number of amides is 1. The summed E-state index contributed by atoms with van der Waals surface area (Å²) in [5, 5.41) is 8.93. The number of likely N-dealkylation sites (tertiary alicyclic amines) is 1. The van der Waals surface area contributed by atoms with Gasteiger partial charge in [-0.1, -0.05) is 72.8 Å². The zero-order valence-corrected chi connectivity index (χ0v) is 20.5. The molecule has 7 heteroatoms. The molecule has 2 atom stereocenters. The second-order valence-electron chi connectivity index (χ2n) is 9.20. The van der Waals surface area contributed by atoms with Crippen LogP contribution in [-0.2, 0) is 16.0 Å². The van der Waals surface area contributed by atoms with Crippen molar-refractivity contribution in [3.8, 4) is 28.3 Å². The largest absolute Gasteiger partial charge is 0.482 e. The zero-order chi connectivity index (χ0) is 25.8. The number of ether oxygens (including phenoxy) is 1. The van der Waals surface area contributed by atoms with E-state index in [1.54, 1.807) is 13.0 Å². The Morgan fingerprint density at radius 3 is 2.38 bits per heavy atom. The quantitative estimate of drug-likeness (QED) is 0.340. The highest BCUT2D eigenvalue weighted by atomic mass is 16.5. The topological polar surface area (TPSA) is 92.9 Å². The molecule has 188 valence electrons. The van der Waals surface area contributed by atoms with Gasteiger partial charge < -0.3 is 19.2 Å². The number of carbonyl (C=O) groups excluding carboxylic acids is 1. The van der Waals surface area contributed by atoms with Crippen LogP contribution in [0.1, 0.15) is 30.8 Å². The Balaban J connectivity index is 1.51. The summed E-state index contributed by atoms with van der Waals surface area (Å²) in [5.41, 5.74) is 3.62. The third kappa shape index (κ3) is 5.40. The Labute approximate surface area is 215 Å². The van der Waals surface area contributed by atoms with Crippen LogP contribution < -0.4 is 4.74 Å². The van der Waals surface area contributed by atoms with Gasteiger partial charge >= 0.3 is 5.97 Å². The van der Waals surface area contributed by atoms with E-state index in [0.717, 1.165) is 28.8 Å². The van der Waals surface area contributed by atoms with Crippen molar-refractivity contribution in [1.82, 2.24) is 9.88 Å². The Morgan fingerprint density at radius 2 is 1.70 bits per heavy atom. The first kappa shape index (κ1) is 24.3. The maximum Gasteiger partial charge on any atom is 0.341 e. The van der Waals surface area contributed by atoms with Crippen molar-refractivity contribution in [2.45, 2.75) is 25.8 Å². The lowest BCUT2D eigenvalue weighted by atomic mass is 9.92. The van der Waals surface area contributed by atoms with Crippen molar-refractivity contribution in [2.75, 3.05) is 13.2 Å². The molecule has 1 fully saturated rings. The smallest absolute Gasteiger partial charge is 0.341 e. The Kier molecular flexibility index (Phi) is 7.03. The van der Waals surface area contributed by atoms with Crippen LogP contribution >= 0.6 is 0 Å². The first-order valence-corrected chi connectivity index (χ1v) is 12.3. The van der Waals surface area contributed by atoms with E-state index in [2.05, 4.69) is 0 Å². The Morgan fingerprint density at radius 1 is 1.00 bits per heavy atom. The standard InChI is InChI=1S/C30H28N2O5/c1-20(33)32-16-15-24(17-21-9-8-14-25(18-21)36-19-26(34)35)28(32)30-31-27(22-10-4-2-5-11-22)29(37-30)23-12-6-3-7-13-23/h2-14,18,24,28H,15-17,19H2,1H3,(H,34,35). The van der Waals surface area contributed by atoms with Crippen molar-refractivity contribution < 1.29 is 23.8 Å². The fraction of sp³-hybridized carbons (Fsp3) is 0.233. The summed E-state index contributed by atoms with van der Waals surface area (Å²) in [6, 6.07) is 26.9. The normalized spacial score (nSPS) is 17.1. The first-order valence-electron chi connectivity index (χ1n) is 12.3. The number of aromatic nitrogens is 1. The lowest BCUT2D eigenvalue weighted by molar-refractivity contribution is -0.139. The predicted octanol–water partition coefficient (Wildman–Crippen LogP) is 5.62. The van der Waals surface area contributed by atoms with Crippen LogP contribution in [0.3, 0.4) is 0 Å². The molecule has 1 aliphatic rings. The minimum atomic E-state index is -1.02. The summed E-state index contributed by atoms with van der Waals surface area (Å²) in [6.07, 6.45) is 1.47. The molecule has 5 rings (SSSR count). The number of oxazole rings is 1. The monoisotopic (exact) mass is 496 g/mol. The molecular formula is C30H28N2O5. The second-order valence-corrected chi connectivity index (χ2v) is 9.20. The molecule has 1 amide bonds. The summed E-state index contributed by atoms with van der Waals surface area (Å²) < 4.78 is 11.8. The number of carbonyl (C=O) groups is 2. The van der Waals surface area contributed by atoms with Crippen molar-refractivity contribution in [3.63, 3.8) is 0 Å². The molecule has 3 aromatic carbocycles. The van der Waals surface area contributed by atoms with Gasteiger partial charge in [0.05, 0.1) is 0 Å². The summed E-state index contributed by atoms with van der Waals surface area (Å²) in [5.74, 6) is 0.738. The highest BCUT2D eigenvalue weighted by Crippen LogP contribution is 2.43. The maximum absolute atomic E-state index is 12.6. The van der Waals surface area contributed by atoms with E-state index in [0.29, 0.717) is 30.4 Å². The molecule has 1 N–H and O–H groups in total. The molecule has 0 aliphatic carbocycles. The predicted molar refractivity (Wildman–Crippen MR) is 139 cm³/mol. The van der Waals surface area contributed by atoms with Gasteiger partial charge in [0.25, 0.3) is 0 Å². The highest BCUT2D eigenvalue weighted by molar-refractivity contribution is 5.77. The zero-order valence-electron chi connectivity index (χ0n) is 20.5. The molecular weight excluding hydrogens is 468 g/mol. The molecule has 0 bridgehead atoms. The number of rotatable bonds is 8. The van der Waals surface area contributed by atoms with Crippen molar-refractivity contribution in [1.29, 1.82) is 0 Å². The van der Waals surface area contributed by atoms with Gasteiger partial charge in [-0.25, -0.2) is 9.78 Å². The SMILES string of the molecule is CC(=O)N1CCC(Cc2cccc(OCC(=O)O)c2)C1c1nc(-c2ccccc2)c(-c2ccccc2)o1. The van der Waals surface area contributed by atoms with E-state index in [9.17, 15) is 9.59 Å². The van der Waals surface area contributed by atoms with E-state index >= 15 is 0 Å². The number of carboxylic acid groups (broad SMARTS) is 1. The molecule has 0 spiro atoms. The molecule has 37 heavy (non-hydrogen) atoms. The van der Waals surface area contributed by atoms with Gasteiger partial charge in [-0.2, -0.15) is 0 Å². The average molecular weight is 497 g/mol. The lowest BCUT2D eigenvalue weighted by Gasteiger charge is -2.25. The van der Waals surface area contributed by atoms with Gasteiger partial charge in [-0.3, -0.25) is 4.79 Å². The van der Waals surface area contributed by atoms with Crippen LogP contribution in [0.4, 0.5) is 0 Å². The van der Waals surface area contributed by atoms with Crippen LogP contribution in [0.25, 0.3) is 22.6 Å². The summed E-state index contributed by atoms with van der Waals surface area (Å²) in [6.45, 7) is 1.80. The molecule has 7 nitrogen and oxygen atoms in total. The molecule has 1 aromatic heterocycles. The fourth-order valence-electron chi connectivity index (χ4n) is 5.01. The van der Waals surface area contributed by atoms with E-state index < -0.39 is 12.6 Å². The maximum atomic E-state index is 12.6. The summed E-state index contributed by atoms with van der Waals surface area (Å²) in [4.78, 5) is 30.4. The van der Waals surface area contributed by atoms with Crippen LogP contribution in [0, 0.1) is 5.92 Å². The van der Waals surface area contributed by atoms with Crippen molar-refractivity contribution in [3.05, 3.63) is 96.4 Å². The van der Waals surface area contributed by atoms with Gasteiger partial charge in [0.1, 0.15) is 17.5 Å². The third-order valence-electron chi connectivity index (χ3n) is 6.67. The lowest BCUT2D eigenvalue weighted by Crippen LogP contribution is -2.30. The number of benzene rings is 3. The van der Waals surface area contributed by atoms with Gasteiger partial charge in [-0.05, 0) is 36.5 Å². The molecule has 1 aliphatic heterocycles. The van der Waals surface area contributed by atoms with Crippen molar-refractivity contribution in [2.24, 2.45) is 5.92 Å². The van der Waals surface area contributed by atoms with Crippen LogP contribution in [-0.4, -0.2) is 40.0 Å². The molecule has 1 saturated heterocycles. The van der Waals surface area contributed by atoms with Gasteiger partial charge in [0.2, 0.25) is 11.8 Å². The summed E-state index contributed by atoms with van der Waals surface area (Å²) in [7, 11) is 0. The third-order valence-corrected chi connectivity index (χ3v) is 6.67. The minimum Gasteiger partial charge on any atom is -0.482 e. The number of hydrogen-bond donors (Lipinski definition) is 1. The molecule has 4 aromatic rings. The van der Waals surface area contributed by atoms with E-state index in [4.69, 9.17) is 19.2 Å². The van der Waals surface area contributed by atoms with Crippen LogP contribution in [0.15, 0.2) is 89.3 Å². The Bertz CT molecular complexity index is 1330. The average Bonchev–Trinajstić information content (AvgIpc) is 3.53. The number of nitrogens with zero attached hydrogens (tertiary/aromatic N) is 2. The molecule has 2 unspecified atom stereocenters. The molecule has 2 heterocycles. The van der Waals surface area contributed by atoms with E-state index in [1.807, 2.05) is 83.8 Å². The Hall–Kier alpha value is -4.39. The summed E-state index contributed by atoms with van der Waals surface area (Å²) >= 11 is 0. The van der Waals surface area contributed by atoms with Gasteiger partial charge in [0.15, 0.2) is 12.4 Å².